The van der Waals surface area contributed by atoms with E-state index >= 15 is 0 Å². The number of hydrogen-bond donors (Lipinski definition) is 2. The number of methoxy groups -OCH3 is 1. The van der Waals surface area contributed by atoms with E-state index in [9.17, 15) is 0 Å². The number of nitrogens with one attached hydrogen (secondary N) is 1. The summed E-state index contributed by atoms with van der Waals surface area (Å²) in [5.74, 6) is 2.15. The number of hydrogen-bond acceptors (Lipinski definition) is 4. The summed E-state index contributed by atoms with van der Waals surface area (Å²) in [7, 11) is 1.63. The predicted octanol–water partition coefficient (Wildman–Crippen LogP) is 0.939. The Morgan fingerprint density at radius 3 is 2.60 bits per heavy atom. The smallest absolute Gasteiger partial charge is 0.181 e. The van der Waals surface area contributed by atoms with Gasteiger partial charge in [0.2, 0.25) is 0 Å². The van der Waals surface area contributed by atoms with E-state index < -0.39 is 0 Å². The van der Waals surface area contributed by atoms with Crippen molar-refractivity contribution in [2.24, 2.45) is 5.73 Å². The van der Waals surface area contributed by atoms with E-state index in [2.05, 4.69) is 15.2 Å². The summed E-state index contributed by atoms with van der Waals surface area (Å²) in [6.07, 6.45) is 0. The quantitative estimate of drug-likeness (QED) is 0.780. The molecule has 0 spiro atoms. The minimum Gasteiger partial charge on any atom is -0.497 e. The van der Waals surface area contributed by atoms with Gasteiger partial charge in [-0.2, -0.15) is 5.10 Å². The van der Waals surface area contributed by atoms with Gasteiger partial charge in [-0.1, -0.05) is 0 Å². The van der Waals surface area contributed by atoms with Crippen LogP contribution < -0.4 is 10.5 Å². The monoisotopic (exact) mass is 204 g/mol. The van der Waals surface area contributed by atoms with E-state index in [1.807, 2.05) is 24.3 Å². The van der Waals surface area contributed by atoms with Gasteiger partial charge in [0.15, 0.2) is 5.82 Å². The van der Waals surface area contributed by atoms with Gasteiger partial charge < -0.3 is 10.5 Å². The van der Waals surface area contributed by atoms with E-state index in [-0.39, 0.29) is 0 Å². The van der Waals surface area contributed by atoms with Gasteiger partial charge in [-0.3, -0.25) is 5.10 Å². The van der Waals surface area contributed by atoms with Crippen LogP contribution in [0.5, 0.6) is 5.75 Å². The Morgan fingerprint density at radius 2 is 2.07 bits per heavy atom. The van der Waals surface area contributed by atoms with Gasteiger partial charge >= 0.3 is 0 Å². The highest BCUT2D eigenvalue weighted by molar-refractivity contribution is 5.55. The van der Waals surface area contributed by atoms with Crippen molar-refractivity contribution in [3.05, 3.63) is 30.1 Å². The van der Waals surface area contributed by atoms with Crippen LogP contribution in [-0.4, -0.2) is 22.3 Å². The lowest BCUT2D eigenvalue weighted by Crippen LogP contribution is -1.97. The largest absolute Gasteiger partial charge is 0.497 e. The second-order valence-electron chi connectivity index (χ2n) is 3.04. The molecular formula is C10H12N4O. The molecule has 78 valence electrons. The van der Waals surface area contributed by atoms with Crippen LogP contribution >= 0.6 is 0 Å². The molecule has 0 unspecified atom stereocenters. The fourth-order valence-corrected chi connectivity index (χ4v) is 1.26. The van der Waals surface area contributed by atoms with Crippen molar-refractivity contribution in [2.75, 3.05) is 7.11 Å². The summed E-state index contributed by atoms with van der Waals surface area (Å²) in [6.45, 7) is 0.364. The van der Waals surface area contributed by atoms with Gasteiger partial charge in [0.05, 0.1) is 13.7 Å². The maximum atomic E-state index is 5.43. The molecule has 0 atom stereocenters. The van der Waals surface area contributed by atoms with Gasteiger partial charge in [-0.15, -0.1) is 0 Å². The standard InChI is InChI=1S/C10H12N4O/c1-15-8-4-2-7(3-5-8)10-12-9(6-11)13-14-10/h2-5H,6,11H2,1H3,(H,12,13,14). The molecule has 0 radical (unpaired) electrons. The molecule has 2 rings (SSSR count). The fourth-order valence-electron chi connectivity index (χ4n) is 1.26. The lowest BCUT2D eigenvalue weighted by Gasteiger charge is -1.99. The molecule has 0 saturated heterocycles. The average molecular weight is 204 g/mol. The van der Waals surface area contributed by atoms with Crippen LogP contribution in [0, 0.1) is 0 Å². The topological polar surface area (TPSA) is 76.8 Å². The molecule has 2 aromatic rings. The molecule has 3 N–H and O–H groups in total. The zero-order valence-corrected chi connectivity index (χ0v) is 8.40. The van der Waals surface area contributed by atoms with E-state index in [4.69, 9.17) is 10.5 Å². The first kappa shape index (κ1) is 9.67. The normalized spacial score (nSPS) is 10.3. The second-order valence-corrected chi connectivity index (χ2v) is 3.04. The molecule has 0 bridgehead atoms. The Kier molecular flexibility index (Phi) is 2.64. The Balaban J connectivity index is 2.28. The van der Waals surface area contributed by atoms with Crippen LogP contribution in [0.3, 0.4) is 0 Å². The van der Waals surface area contributed by atoms with E-state index in [0.717, 1.165) is 11.3 Å². The highest BCUT2D eigenvalue weighted by atomic mass is 16.5. The van der Waals surface area contributed by atoms with Gasteiger partial charge in [0.25, 0.3) is 0 Å². The zero-order chi connectivity index (χ0) is 10.7. The van der Waals surface area contributed by atoms with Crippen LogP contribution in [0.2, 0.25) is 0 Å². The molecular weight excluding hydrogens is 192 g/mol. The predicted molar refractivity (Wildman–Crippen MR) is 56.3 cm³/mol. The first-order valence-corrected chi connectivity index (χ1v) is 4.59. The third kappa shape index (κ3) is 1.97. The Labute approximate surface area is 87.3 Å². The first-order chi connectivity index (χ1) is 7.33. The van der Waals surface area contributed by atoms with Crippen LogP contribution in [-0.2, 0) is 6.54 Å². The molecule has 0 fully saturated rings. The fraction of sp³-hybridized carbons (Fsp3) is 0.200. The van der Waals surface area contributed by atoms with Crippen molar-refractivity contribution in [1.82, 2.24) is 15.2 Å². The summed E-state index contributed by atoms with van der Waals surface area (Å²) < 4.78 is 5.06. The molecule has 15 heavy (non-hydrogen) atoms. The maximum absolute atomic E-state index is 5.43. The Bertz CT molecular complexity index is 435. The molecule has 0 aliphatic heterocycles. The van der Waals surface area contributed by atoms with Crippen molar-refractivity contribution in [2.45, 2.75) is 6.54 Å². The maximum Gasteiger partial charge on any atom is 0.181 e. The van der Waals surface area contributed by atoms with Gasteiger partial charge in [-0.25, -0.2) is 4.98 Å². The van der Waals surface area contributed by atoms with Crippen LogP contribution in [0.1, 0.15) is 5.82 Å². The number of aromatic amines is 1. The van der Waals surface area contributed by atoms with Crippen LogP contribution in [0.25, 0.3) is 11.4 Å². The van der Waals surface area contributed by atoms with E-state index in [1.54, 1.807) is 7.11 Å². The number of ether oxygens (including phenoxy) is 1. The van der Waals surface area contributed by atoms with Crippen LogP contribution in [0.15, 0.2) is 24.3 Å². The van der Waals surface area contributed by atoms with Crippen molar-refractivity contribution in [3.8, 4) is 17.1 Å². The molecule has 1 aromatic carbocycles. The Morgan fingerprint density at radius 1 is 1.33 bits per heavy atom. The van der Waals surface area contributed by atoms with Gasteiger partial charge in [0.1, 0.15) is 11.6 Å². The van der Waals surface area contributed by atoms with Crippen LogP contribution in [0.4, 0.5) is 0 Å². The SMILES string of the molecule is COc1ccc(-c2n[nH]c(CN)n2)cc1. The summed E-state index contributed by atoms with van der Waals surface area (Å²) in [6, 6.07) is 7.55. The van der Waals surface area contributed by atoms with Gasteiger partial charge in [0, 0.05) is 5.56 Å². The molecule has 5 heteroatoms. The lowest BCUT2D eigenvalue weighted by molar-refractivity contribution is 0.415. The van der Waals surface area contributed by atoms with E-state index in [1.165, 1.54) is 0 Å². The lowest BCUT2D eigenvalue weighted by atomic mass is 10.2. The number of H-pyrrole nitrogens is 1. The molecule has 0 aliphatic carbocycles. The summed E-state index contributed by atoms with van der Waals surface area (Å²) in [5, 5.41) is 6.82. The number of nitrogens with two attached hydrogens (primary N) is 1. The van der Waals surface area contributed by atoms with Gasteiger partial charge in [-0.05, 0) is 24.3 Å². The second kappa shape index (κ2) is 4.10. The molecule has 0 aliphatic rings. The zero-order valence-electron chi connectivity index (χ0n) is 8.40. The van der Waals surface area contributed by atoms with Crippen molar-refractivity contribution < 1.29 is 4.74 Å². The Hall–Kier alpha value is -1.88. The molecule has 1 heterocycles. The van der Waals surface area contributed by atoms with Crippen molar-refractivity contribution in [1.29, 1.82) is 0 Å². The molecule has 0 saturated carbocycles. The minimum atomic E-state index is 0.364. The third-order valence-electron chi connectivity index (χ3n) is 2.07. The number of aromatic nitrogens is 3. The highest BCUT2D eigenvalue weighted by Gasteiger charge is 2.04. The first-order valence-electron chi connectivity index (χ1n) is 4.59. The van der Waals surface area contributed by atoms with E-state index in [0.29, 0.717) is 18.2 Å². The summed E-state index contributed by atoms with van der Waals surface area (Å²) >= 11 is 0. The molecule has 1 aromatic heterocycles. The summed E-state index contributed by atoms with van der Waals surface area (Å²) in [5.41, 5.74) is 6.37. The number of benzene rings is 1. The molecule has 0 amide bonds. The number of rotatable bonds is 3. The summed E-state index contributed by atoms with van der Waals surface area (Å²) in [4.78, 5) is 4.22. The van der Waals surface area contributed by atoms with Crippen molar-refractivity contribution in [3.63, 3.8) is 0 Å². The third-order valence-corrected chi connectivity index (χ3v) is 2.07. The highest BCUT2D eigenvalue weighted by Crippen LogP contribution is 2.18. The minimum absolute atomic E-state index is 0.364. The average Bonchev–Trinajstić information content (AvgIpc) is 2.78. The molecule has 5 nitrogen and oxygen atoms in total. The van der Waals surface area contributed by atoms with Crippen molar-refractivity contribution >= 4 is 0 Å². The number of nitrogens with zero attached hydrogens (tertiary/aromatic N) is 2.